The number of aromatic nitrogens is 2. The standard InChI is InChI=1S/C14H23N5O/c1-11(10-19-8-4-3-5-9-19)16-13-7-6-12(17-18-13)14(20)15-2/h6-7,11H,3-5,8-10H2,1-2H3,(H,15,20)(H,16,18). The molecule has 6 nitrogen and oxygen atoms in total. The van der Waals surface area contributed by atoms with Gasteiger partial charge < -0.3 is 15.5 Å². The molecular formula is C14H23N5O. The quantitative estimate of drug-likeness (QED) is 0.844. The largest absolute Gasteiger partial charge is 0.365 e. The molecule has 2 N–H and O–H groups in total. The van der Waals surface area contributed by atoms with Crippen molar-refractivity contribution in [3.8, 4) is 0 Å². The van der Waals surface area contributed by atoms with Crippen molar-refractivity contribution in [3.63, 3.8) is 0 Å². The Morgan fingerprint density at radius 3 is 2.65 bits per heavy atom. The van der Waals surface area contributed by atoms with Crippen molar-refractivity contribution in [2.75, 3.05) is 32.0 Å². The molecule has 1 fully saturated rings. The highest BCUT2D eigenvalue weighted by Gasteiger charge is 2.14. The SMILES string of the molecule is CNC(=O)c1ccc(NC(C)CN2CCCCC2)nn1. The summed E-state index contributed by atoms with van der Waals surface area (Å²) in [4.78, 5) is 13.8. The van der Waals surface area contributed by atoms with Gasteiger partial charge in [0.2, 0.25) is 0 Å². The van der Waals surface area contributed by atoms with Gasteiger partial charge in [-0.3, -0.25) is 4.79 Å². The van der Waals surface area contributed by atoms with Gasteiger partial charge in [-0.05, 0) is 45.0 Å². The van der Waals surface area contributed by atoms with Gasteiger partial charge in [0.15, 0.2) is 5.69 Å². The van der Waals surface area contributed by atoms with Crippen LogP contribution in [0.25, 0.3) is 0 Å². The van der Waals surface area contributed by atoms with Crippen LogP contribution in [-0.2, 0) is 0 Å². The van der Waals surface area contributed by atoms with Crippen LogP contribution in [0.1, 0.15) is 36.7 Å². The smallest absolute Gasteiger partial charge is 0.271 e. The van der Waals surface area contributed by atoms with Gasteiger partial charge in [-0.25, -0.2) is 0 Å². The van der Waals surface area contributed by atoms with Gasteiger partial charge in [0.25, 0.3) is 5.91 Å². The summed E-state index contributed by atoms with van der Waals surface area (Å²) < 4.78 is 0. The summed E-state index contributed by atoms with van der Waals surface area (Å²) in [5.74, 6) is 0.493. The van der Waals surface area contributed by atoms with Crippen molar-refractivity contribution in [1.29, 1.82) is 0 Å². The second-order valence-electron chi connectivity index (χ2n) is 5.29. The van der Waals surface area contributed by atoms with E-state index in [4.69, 9.17) is 0 Å². The molecule has 110 valence electrons. The number of anilines is 1. The molecule has 0 radical (unpaired) electrons. The summed E-state index contributed by atoms with van der Waals surface area (Å²) in [6.45, 7) is 5.53. The number of nitrogens with one attached hydrogen (secondary N) is 2. The molecule has 1 aliphatic rings. The van der Waals surface area contributed by atoms with E-state index in [1.165, 1.54) is 32.4 Å². The molecule has 1 unspecified atom stereocenters. The van der Waals surface area contributed by atoms with Crippen molar-refractivity contribution in [2.24, 2.45) is 0 Å². The summed E-state index contributed by atoms with van der Waals surface area (Å²) in [6, 6.07) is 3.79. The lowest BCUT2D eigenvalue weighted by atomic mass is 10.1. The van der Waals surface area contributed by atoms with Crippen molar-refractivity contribution in [3.05, 3.63) is 17.8 Å². The Morgan fingerprint density at radius 2 is 2.05 bits per heavy atom. The molecule has 0 aliphatic carbocycles. The molecule has 6 heteroatoms. The average Bonchev–Trinajstić information content (AvgIpc) is 2.48. The van der Waals surface area contributed by atoms with Crippen LogP contribution in [0.2, 0.25) is 0 Å². The highest BCUT2D eigenvalue weighted by Crippen LogP contribution is 2.10. The molecule has 1 aromatic heterocycles. The van der Waals surface area contributed by atoms with E-state index in [0.29, 0.717) is 17.6 Å². The molecule has 0 saturated carbocycles. The first-order valence-electron chi connectivity index (χ1n) is 7.23. The van der Waals surface area contributed by atoms with Crippen molar-refractivity contribution in [2.45, 2.75) is 32.2 Å². The molecule has 1 aliphatic heterocycles. The lowest BCUT2D eigenvalue weighted by Crippen LogP contribution is -2.38. The van der Waals surface area contributed by atoms with Gasteiger partial charge in [0.1, 0.15) is 5.82 Å². The molecule has 1 atom stereocenters. The topological polar surface area (TPSA) is 70.2 Å². The first kappa shape index (κ1) is 14.7. The predicted molar refractivity (Wildman–Crippen MR) is 78.8 cm³/mol. The number of rotatable bonds is 5. The van der Waals surface area contributed by atoms with E-state index in [2.05, 4.69) is 32.7 Å². The zero-order chi connectivity index (χ0) is 14.4. The number of carbonyl (C=O) groups is 1. The Labute approximate surface area is 120 Å². The van der Waals surface area contributed by atoms with Crippen LogP contribution in [0.5, 0.6) is 0 Å². The molecule has 0 spiro atoms. The summed E-state index contributed by atoms with van der Waals surface area (Å²) in [5.41, 5.74) is 0.335. The number of likely N-dealkylation sites (tertiary alicyclic amines) is 1. The molecule has 1 amide bonds. The third kappa shape index (κ3) is 4.16. The van der Waals surface area contributed by atoms with Gasteiger partial charge in [0.05, 0.1) is 0 Å². The Bertz CT molecular complexity index is 428. The monoisotopic (exact) mass is 277 g/mol. The Balaban J connectivity index is 1.84. The minimum absolute atomic E-state index is 0.217. The molecule has 0 aromatic carbocycles. The van der Waals surface area contributed by atoms with Crippen LogP contribution in [-0.4, -0.2) is 53.7 Å². The fraction of sp³-hybridized carbons (Fsp3) is 0.643. The zero-order valence-corrected chi connectivity index (χ0v) is 12.2. The molecule has 1 aromatic rings. The molecule has 2 heterocycles. The lowest BCUT2D eigenvalue weighted by Gasteiger charge is -2.29. The number of hydrogen-bond donors (Lipinski definition) is 2. The summed E-state index contributed by atoms with van der Waals surface area (Å²) in [6.07, 6.45) is 3.95. The Hall–Kier alpha value is -1.69. The first-order valence-corrected chi connectivity index (χ1v) is 7.23. The normalized spacial score (nSPS) is 17.5. The maximum Gasteiger partial charge on any atom is 0.271 e. The van der Waals surface area contributed by atoms with Crippen molar-refractivity contribution in [1.82, 2.24) is 20.4 Å². The third-order valence-corrected chi connectivity index (χ3v) is 3.50. The third-order valence-electron chi connectivity index (χ3n) is 3.50. The fourth-order valence-corrected chi connectivity index (χ4v) is 2.49. The molecule has 2 rings (SSSR count). The number of carbonyl (C=O) groups excluding carboxylic acids is 1. The lowest BCUT2D eigenvalue weighted by molar-refractivity contribution is 0.0957. The van der Waals surface area contributed by atoms with Crippen molar-refractivity contribution >= 4 is 11.7 Å². The second kappa shape index (κ2) is 7.19. The highest BCUT2D eigenvalue weighted by molar-refractivity contribution is 5.91. The fourth-order valence-electron chi connectivity index (χ4n) is 2.49. The van der Waals surface area contributed by atoms with Crippen molar-refractivity contribution < 1.29 is 4.79 Å². The number of piperidine rings is 1. The number of nitrogens with zero attached hydrogens (tertiary/aromatic N) is 3. The van der Waals surface area contributed by atoms with Gasteiger partial charge >= 0.3 is 0 Å². The van der Waals surface area contributed by atoms with Gasteiger partial charge in [-0.2, -0.15) is 0 Å². The summed E-state index contributed by atoms with van der Waals surface area (Å²) in [5, 5.41) is 13.8. The van der Waals surface area contributed by atoms with Crippen LogP contribution in [0, 0.1) is 0 Å². The van der Waals surface area contributed by atoms with Gasteiger partial charge in [-0.15, -0.1) is 10.2 Å². The van der Waals surface area contributed by atoms with E-state index in [1.54, 1.807) is 19.2 Å². The first-order chi connectivity index (χ1) is 9.69. The van der Waals surface area contributed by atoms with E-state index in [0.717, 1.165) is 6.54 Å². The van der Waals surface area contributed by atoms with E-state index in [1.807, 2.05) is 0 Å². The zero-order valence-electron chi connectivity index (χ0n) is 12.2. The van der Waals surface area contributed by atoms with Crippen LogP contribution in [0.4, 0.5) is 5.82 Å². The van der Waals surface area contributed by atoms with Crippen LogP contribution < -0.4 is 10.6 Å². The Morgan fingerprint density at radius 1 is 1.30 bits per heavy atom. The van der Waals surface area contributed by atoms with Crippen LogP contribution in [0.15, 0.2) is 12.1 Å². The maximum absolute atomic E-state index is 11.4. The minimum atomic E-state index is -0.217. The molecule has 0 bridgehead atoms. The predicted octanol–water partition coefficient (Wildman–Crippen LogP) is 1.12. The summed E-state index contributed by atoms with van der Waals surface area (Å²) >= 11 is 0. The van der Waals surface area contributed by atoms with Crippen LogP contribution in [0.3, 0.4) is 0 Å². The molecule has 1 saturated heterocycles. The molecule has 20 heavy (non-hydrogen) atoms. The van der Waals surface area contributed by atoms with E-state index >= 15 is 0 Å². The Kier molecular flexibility index (Phi) is 5.29. The second-order valence-corrected chi connectivity index (χ2v) is 5.29. The van der Waals surface area contributed by atoms with Gasteiger partial charge in [-0.1, -0.05) is 6.42 Å². The van der Waals surface area contributed by atoms with E-state index in [9.17, 15) is 4.79 Å². The number of hydrogen-bond acceptors (Lipinski definition) is 5. The maximum atomic E-state index is 11.4. The van der Waals surface area contributed by atoms with E-state index < -0.39 is 0 Å². The minimum Gasteiger partial charge on any atom is -0.365 e. The average molecular weight is 277 g/mol. The highest BCUT2D eigenvalue weighted by atomic mass is 16.1. The van der Waals surface area contributed by atoms with Gasteiger partial charge in [0, 0.05) is 19.6 Å². The van der Waals surface area contributed by atoms with Crippen LogP contribution >= 0.6 is 0 Å². The summed E-state index contributed by atoms with van der Waals surface area (Å²) in [7, 11) is 1.58. The number of amides is 1. The van der Waals surface area contributed by atoms with E-state index in [-0.39, 0.29) is 5.91 Å². The molecular weight excluding hydrogens is 254 g/mol.